The average molecular weight is 380 g/mol. The molecule has 0 heterocycles. The van der Waals surface area contributed by atoms with Crippen molar-refractivity contribution in [3.05, 3.63) is 0 Å². The van der Waals surface area contributed by atoms with Crippen LogP contribution in [0.3, 0.4) is 0 Å². The number of carbonyl (C=O) groups excluding carboxylic acids is 1. The van der Waals surface area contributed by atoms with E-state index in [1.165, 1.54) is 32.1 Å². The first kappa shape index (κ1) is 15.8. The van der Waals surface area contributed by atoms with Crippen LogP contribution in [0.4, 0.5) is 0 Å². The van der Waals surface area contributed by atoms with Gasteiger partial charge in [0, 0.05) is 5.97 Å². The van der Waals surface area contributed by atoms with Crippen LogP contribution in [0.25, 0.3) is 0 Å². The maximum absolute atomic E-state index is 10.0. The molecule has 0 bridgehead atoms. The van der Waals surface area contributed by atoms with Gasteiger partial charge in [0.15, 0.2) is 0 Å². The Labute approximate surface area is 100 Å². The second-order valence-electron chi connectivity index (χ2n) is 3.24. The van der Waals surface area contributed by atoms with Gasteiger partial charge < -0.3 is 9.90 Å². The minimum Gasteiger partial charge on any atom is -0.550 e. The fraction of sp³-hybridized carbons (Fsp3) is 0.900. The summed E-state index contributed by atoms with van der Waals surface area (Å²) in [6.07, 6.45) is 8.34. The van der Waals surface area contributed by atoms with Crippen molar-refractivity contribution in [2.75, 3.05) is 0 Å². The van der Waals surface area contributed by atoms with Gasteiger partial charge in [0.05, 0.1) is 0 Å². The molecule has 0 aromatic heterocycles. The third-order valence-electron chi connectivity index (χ3n) is 1.98. The van der Waals surface area contributed by atoms with E-state index in [0.29, 0.717) is 0 Å². The third-order valence-corrected chi connectivity index (χ3v) is 1.98. The molecule has 74 valence electrons. The Hall–Kier alpha value is 0.353. The predicted octanol–water partition coefficient (Wildman–Crippen LogP) is 1.50. The van der Waals surface area contributed by atoms with Gasteiger partial charge in [-0.1, -0.05) is 45.4 Å². The minimum atomic E-state index is -0.913. The fourth-order valence-electron chi connectivity index (χ4n) is 1.23. The van der Waals surface area contributed by atoms with Gasteiger partial charge in [-0.15, -0.1) is 0 Å². The molecule has 0 saturated heterocycles. The summed E-state index contributed by atoms with van der Waals surface area (Å²) >= 11 is 0. The van der Waals surface area contributed by atoms with Gasteiger partial charge in [-0.05, 0) is 12.8 Å². The van der Waals surface area contributed by atoms with Gasteiger partial charge in [-0.2, -0.15) is 0 Å². The van der Waals surface area contributed by atoms with Crippen LogP contribution in [0.15, 0.2) is 0 Å². The van der Waals surface area contributed by atoms with E-state index in [2.05, 4.69) is 6.92 Å². The molecule has 0 aromatic rings. The van der Waals surface area contributed by atoms with Crippen molar-refractivity contribution < 1.29 is 9.90 Å². The number of carboxylic acids is 1. The predicted molar refractivity (Wildman–Crippen MR) is 53.4 cm³/mol. The first-order valence-corrected chi connectivity index (χ1v) is 4.97. The molecule has 0 amide bonds. The van der Waals surface area contributed by atoms with Gasteiger partial charge in [-0.3, -0.25) is 0 Å². The molecule has 0 rings (SSSR count). The molecule has 0 aliphatic rings. The minimum absolute atomic E-state index is 0. The zero-order valence-electron chi connectivity index (χ0n) is 8.42. The van der Waals surface area contributed by atoms with E-state index in [1.54, 1.807) is 0 Å². The van der Waals surface area contributed by atoms with Crippen LogP contribution in [0, 0.1) is 0 Å². The summed E-state index contributed by atoms with van der Waals surface area (Å²) in [5.41, 5.74) is 0. The number of hydrogen-bond donors (Lipinski definition) is 0. The molecule has 0 aliphatic heterocycles. The Balaban J connectivity index is 0. The summed E-state index contributed by atoms with van der Waals surface area (Å²) in [5, 5.41) is 10.0. The van der Waals surface area contributed by atoms with Crippen molar-refractivity contribution in [2.24, 2.45) is 0 Å². The second kappa shape index (κ2) is 12.4. The number of unbranched alkanes of at least 4 members (excludes halogenated alkanes) is 6. The molecule has 0 N–H and O–H groups in total. The first-order chi connectivity index (χ1) is 5.77. The molecule has 0 saturated carbocycles. The summed E-state index contributed by atoms with van der Waals surface area (Å²) < 4.78 is 0. The molecule has 0 spiro atoms. The first-order valence-electron chi connectivity index (χ1n) is 4.97. The van der Waals surface area contributed by atoms with Crippen molar-refractivity contribution in [3.63, 3.8) is 0 Å². The molecule has 2 radical (unpaired) electrons. The van der Waals surface area contributed by atoms with Crippen molar-refractivity contribution in [2.45, 2.75) is 58.3 Å². The Morgan fingerprint density at radius 2 is 1.46 bits per heavy atom. The number of hydrogen-bond acceptors (Lipinski definition) is 2. The monoisotopic (exact) mass is 380 g/mol. The molecule has 3 heteroatoms. The van der Waals surface area contributed by atoms with Gasteiger partial charge in [0.25, 0.3) is 0 Å². The Morgan fingerprint density at radius 1 is 1.00 bits per heavy atom. The van der Waals surface area contributed by atoms with E-state index in [-0.39, 0.29) is 32.6 Å². The van der Waals surface area contributed by atoms with Crippen LogP contribution in [-0.4, -0.2) is 32.2 Å². The number of carboxylic acid groups (broad SMARTS) is 1. The van der Waals surface area contributed by atoms with Crippen LogP contribution in [0.1, 0.15) is 58.3 Å². The molecule has 2 nitrogen and oxygen atoms in total. The fourth-order valence-corrected chi connectivity index (χ4v) is 1.23. The largest absolute Gasteiger partial charge is 3.00 e. The topological polar surface area (TPSA) is 40.1 Å². The number of carbonyl (C=O) groups is 1. The second-order valence-corrected chi connectivity index (χ2v) is 3.24. The van der Waals surface area contributed by atoms with E-state index >= 15 is 0 Å². The average Bonchev–Trinajstić information content (AvgIpc) is 2.02. The van der Waals surface area contributed by atoms with E-state index < -0.39 is 5.97 Å². The number of aliphatic carboxylic acids is 1. The van der Waals surface area contributed by atoms with Crippen molar-refractivity contribution >= 4 is 32.2 Å². The van der Waals surface area contributed by atoms with E-state index in [4.69, 9.17) is 0 Å². The summed E-state index contributed by atoms with van der Waals surface area (Å²) in [6.45, 7) is 2.19. The standard InChI is InChI=1S/C10H20O2.Bi/c1-2-3-4-5-6-7-8-9-10(11)12;/h2-9H2,1H3,(H,11,12);/q;+3/p-1. The summed E-state index contributed by atoms with van der Waals surface area (Å²) in [5.74, 6) is -0.913. The van der Waals surface area contributed by atoms with Crippen LogP contribution in [0.5, 0.6) is 0 Å². The smallest absolute Gasteiger partial charge is 0.550 e. The molecule has 0 unspecified atom stereocenters. The maximum atomic E-state index is 10.0. The molecule has 0 aliphatic carbocycles. The Kier molecular flexibility index (Phi) is 15.0. The van der Waals surface area contributed by atoms with Gasteiger partial charge >= 0.3 is 26.2 Å². The van der Waals surface area contributed by atoms with Gasteiger partial charge in [0.2, 0.25) is 0 Å². The van der Waals surface area contributed by atoms with Gasteiger partial charge in [-0.25, -0.2) is 0 Å². The van der Waals surface area contributed by atoms with Crippen molar-refractivity contribution in [1.29, 1.82) is 0 Å². The van der Waals surface area contributed by atoms with Crippen LogP contribution >= 0.6 is 0 Å². The number of rotatable bonds is 8. The summed E-state index contributed by atoms with van der Waals surface area (Å²) in [4.78, 5) is 10.0. The molecular weight excluding hydrogens is 361 g/mol. The molecule has 0 aromatic carbocycles. The maximum Gasteiger partial charge on any atom is 3.00 e. The molecule has 0 fully saturated rings. The normalized spacial score (nSPS) is 9.31. The molecule has 13 heavy (non-hydrogen) atoms. The van der Waals surface area contributed by atoms with Crippen molar-refractivity contribution in [1.82, 2.24) is 0 Å². The quantitative estimate of drug-likeness (QED) is 0.473. The van der Waals surface area contributed by atoms with Crippen LogP contribution in [-0.2, 0) is 4.79 Å². The third kappa shape index (κ3) is 15.1. The molecular formula is C10H19BiO2+2. The Morgan fingerprint density at radius 3 is 1.92 bits per heavy atom. The summed E-state index contributed by atoms with van der Waals surface area (Å²) in [7, 11) is 0. The Bertz CT molecular complexity index is 115. The van der Waals surface area contributed by atoms with Crippen molar-refractivity contribution in [3.8, 4) is 0 Å². The zero-order valence-corrected chi connectivity index (χ0v) is 11.9. The van der Waals surface area contributed by atoms with Crippen LogP contribution < -0.4 is 5.11 Å². The van der Waals surface area contributed by atoms with E-state index in [0.717, 1.165) is 12.8 Å². The zero-order chi connectivity index (χ0) is 9.23. The van der Waals surface area contributed by atoms with E-state index in [9.17, 15) is 9.90 Å². The molecule has 0 atom stereocenters. The van der Waals surface area contributed by atoms with E-state index in [1.807, 2.05) is 0 Å². The SMILES string of the molecule is CCCCCCCCCC(=O)[O-].[Bi+3]. The van der Waals surface area contributed by atoms with Crippen LogP contribution in [0.2, 0.25) is 0 Å². The van der Waals surface area contributed by atoms with Gasteiger partial charge in [0.1, 0.15) is 0 Å². The summed E-state index contributed by atoms with van der Waals surface area (Å²) in [6, 6.07) is 0.